The van der Waals surface area contributed by atoms with Crippen molar-refractivity contribution >= 4 is 11.9 Å². The van der Waals surface area contributed by atoms with Crippen LogP contribution < -0.4 is 0 Å². The van der Waals surface area contributed by atoms with Gasteiger partial charge in [0, 0.05) is 28.1 Å². The Kier molecular flexibility index (Phi) is 4.40. The summed E-state index contributed by atoms with van der Waals surface area (Å²) < 4.78 is 10.9. The summed E-state index contributed by atoms with van der Waals surface area (Å²) in [5.74, 6) is -0.990. The standard InChI is InChI=1S/C20H26O6/c1-6-10(2)17(22)25-13-7-8-20(24)9-14-15(11(3)18(23)26-14)16(21)19(20,5)12(13)4/h6,9,12-13,16,21,24H,7-8H2,1-5H3/b10-6-/t12-,13-,16+,19-,20-/m0/s1. The Morgan fingerprint density at radius 2 is 2.12 bits per heavy atom. The molecule has 142 valence electrons. The van der Waals surface area contributed by atoms with E-state index >= 15 is 0 Å². The van der Waals surface area contributed by atoms with E-state index in [9.17, 15) is 19.8 Å². The van der Waals surface area contributed by atoms with Crippen LogP contribution in [0.15, 0.2) is 34.6 Å². The first kappa shape index (κ1) is 18.9. The van der Waals surface area contributed by atoms with E-state index in [1.165, 1.54) is 0 Å². The van der Waals surface area contributed by atoms with Crippen molar-refractivity contribution in [1.29, 1.82) is 0 Å². The molecule has 1 saturated carbocycles. The van der Waals surface area contributed by atoms with Crippen LogP contribution in [-0.4, -0.2) is 40.0 Å². The predicted molar refractivity (Wildman–Crippen MR) is 93.6 cm³/mol. The molecule has 0 amide bonds. The zero-order valence-corrected chi connectivity index (χ0v) is 15.8. The Balaban J connectivity index is 2.00. The second-order valence-electron chi connectivity index (χ2n) is 7.79. The lowest BCUT2D eigenvalue weighted by atomic mass is 9.52. The van der Waals surface area contributed by atoms with Crippen LogP contribution in [0.5, 0.6) is 0 Å². The first-order chi connectivity index (χ1) is 12.1. The molecule has 1 fully saturated rings. The minimum atomic E-state index is -1.35. The molecular formula is C20H26O6. The first-order valence-corrected chi connectivity index (χ1v) is 8.97. The molecule has 3 aliphatic rings. The van der Waals surface area contributed by atoms with Gasteiger partial charge in [-0.1, -0.05) is 19.9 Å². The summed E-state index contributed by atoms with van der Waals surface area (Å²) in [6, 6.07) is 0. The molecule has 6 nitrogen and oxygen atoms in total. The highest BCUT2D eigenvalue weighted by Gasteiger charge is 2.63. The highest BCUT2D eigenvalue weighted by Crippen LogP contribution is 2.58. The second-order valence-corrected chi connectivity index (χ2v) is 7.79. The molecule has 0 aromatic heterocycles. The molecule has 0 radical (unpaired) electrons. The van der Waals surface area contributed by atoms with Crippen molar-refractivity contribution in [3.63, 3.8) is 0 Å². The quantitative estimate of drug-likeness (QED) is 0.578. The summed E-state index contributed by atoms with van der Waals surface area (Å²) >= 11 is 0. The minimum absolute atomic E-state index is 0.243. The van der Waals surface area contributed by atoms with E-state index in [2.05, 4.69) is 0 Å². The van der Waals surface area contributed by atoms with Crippen molar-refractivity contribution in [3.05, 3.63) is 34.6 Å². The number of rotatable bonds is 2. The average Bonchev–Trinajstić information content (AvgIpc) is 2.87. The Morgan fingerprint density at radius 3 is 2.73 bits per heavy atom. The van der Waals surface area contributed by atoms with Crippen molar-refractivity contribution in [3.8, 4) is 0 Å². The average molecular weight is 362 g/mol. The van der Waals surface area contributed by atoms with E-state index in [0.717, 1.165) is 0 Å². The lowest BCUT2D eigenvalue weighted by molar-refractivity contribution is -0.197. The number of hydrogen-bond donors (Lipinski definition) is 2. The second kappa shape index (κ2) is 6.06. The summed E-state index contributed by atoms with van der Waals surface area (Å²) in [5, 5.41) is 22.4. The van der Waals surface area contributed by atoms with Gasteiger partial charge in [-0.25, -0.2) is 9.59 Å². The normalized spacial score (nSPS) is 39.8. The van der Waals surface area contributed by atoms with Gasteiger partial charge in [0.2, 0.25) is 0 Å². The molecule has 0 saturated heterocycles. The maximum atomic E-state index is 12.2. The minimum Gasteiger partial charge on any atom is -0.459 e. The number of ether oxygens (including phenoxy) is 2. The zero-order valence-electron chi connectivity index (χ0n) is 15.8. The Bertz CT molecular complexity index is 760. The van der Waals surface area contributed by atoms with Crippen molar-refractivity contribution < 1.29 is 29.3 Å². The van der Waals surface area contributed by atoms with Crippen LogP contribution in [-0.2, 0) is 19.1 Å². The monoisotopic (exact) mass is 362 g/mol. The number of hydrogen-bond acceptors (Lipinski definition) is 6. The summed E-state index contributed by atoms with van der Waals surface area (Å²) in [4.78, 5) is 24.1. The summed E-state index contributed by atoms with van der Waals surface area (Å²) in [5.41, 5.74) is -1.08. The van der Waals surface area contributed by atoms with Crippen LogP contribution in [0.25, 0.3) is 0 Å². The maximum absolute atomic E-state index is 12.2. The third kappa shape index (κ3) is 2.39. The number of carbonyl (C=O) groups is 2. The van der Waals surface area contributed by atoms with Gasteiger partial charge in [0.1, 0.15) is 11.9 Å². The fraction of sp³-hybridized carbons (Fsp3) is 0.600. The summed E-state index contributed by atoms with van der Waals surface area (Å²) in [7, 11) is 0. The van der Waals surface area contributed by atoms with Crippen LogP contribution in [0.1, 0.15) is 47.5 Å². The lowest BCUT2D eigenvalue weighted by Gasteiger charge is -2.57. The van der Waals surface area contributed by atoms with Gasteiger partial charge in [-0.15, -0.1) is 0 Å². The molecule has 0 bridgehead atoms. The number of carbonyl (C=O) groups excluding carboxylic acids is 2. The predicted octanol–water partition coefficient (Wildman–Crippen LogP) is 2.16. The van der Waals surface area contributed by atoms with Gasteiger partial charge in [0.05, 0.1) is 11.7 Å². The number of fused-ring (bicyclic) bond motifs is 2. The smallest absolute Gasteiger partial charge is 0.339 e. The van der Waals surface area contributed by atoms with Crippen molar-refractivity contribution in [2.75, 3.05) is 0 Å². The number of allylic oxidation sites excluding steroid dienone is 1. The van der Waals surface area contributed by atoms with Crippen molar-refractivity contribution in [2.45, 2.75) is 65.3 Å². The van der Waals surface area contributed by atoms with E-state index in [1.807, 2.05) is 6.92 Å². The Hall–Kier alpha value is -1.92. The largest absolute Gasteiger partial charge is 0.459 e. The molecule has 0 unspecified atom stereocenters. The SMILES string of the molecule is C/C=C(/C)C(=O)O[C@H]1CC[C@]2(O)C=C3OC(=O)C(C)=C3[C@@H](O)[C@]2(C)[C@H]1C. The maximum Gasteiger partial charge on any atom is 0.339 e. The van der Waals surface area contributed by atoms with Gasteiger partial charge in [0.15, 0.2) is 0 Å². The van der Waals surface area contributed by atoms with E-state index in [1.54, 1.807) is 39.8 Å². The highest BCUT2D eigenvalue weighted by atomic mass is 16.5. The van der Waals surface area contributed by atoms with Crippen LogP contribution in [0.2, 0.25) is 0 Å². The van der Waals surface area contributed by atoms with E-state index in [0.29, 0.717) is 29.6 Å². The Morgan fingerprint density at radius 1 is 1.46 bits per heavy atom. The molecule has 2 N–H and O–H groups in total. The number of aliphatic hydroxyl groups is 2. The van der Waals surface area contributed by atoms with Crippen LogP contribution in [0, 0.1) is 11.3 Å². The fourth-order valence-electron chi connectivity index (χ4n) is 4.37. The molecule has 5 atom stereocenters. The van der Waals surface area contributed by atoms with Gasteiger partial charge in [0.25, 0.3) is 0 Å². The van der Waals surface area contributed by atoms with Crippen LogP contribution >= 0.6 is 0 Å². The number of esters is 2. The molecule has 1 aliphatic heterocycles. The van der Waals surface area contributed by atoms with Gasteiger partial charge in [-0.2, -0.15) is 0 Å². The number of aliphatic hydroxyl groups excluding tert-OH is 1. The van der Waals surface area contributed by atoms with Crippen LogP contribution in [0.4, 0.5) is 0 Å². The molecule has 3 rings (SSSR count). The molecule has 6 heteroatoms. The molecule has 2 aliphatic carbocycles. The van der Waals surface area contributed by atoms with Gasteiger partial charge < -0.3 is 19.7 Å². The van der Waals surface area contributed by atoms with Gasteiger partial charge in [-0.3, -0.25) is 0 Å². The summed E-state index contributed by atoms with van der Waals surface area (Å²) in [6.07, 6.45) is 2.46. The van der Waals surface area contributed by atoms with Gasteiger partial charge >= 0.3 is 11.9 Å². The topological polar surface area (TPSA) is 93.1 Å². The molecule has 0 aromatic rings. The lowest BCUT2D eigenvalue weighted by Crippen LogP contribution is -2.64. The molecule has 26 heavy (non-hydrogen) atoms. The fourth-order valence-corrected chi connectivity index (χ4v) is 4.37. The van der Waals surface area contributed by atoms with E-state index in [-0.39, 0.29) is 11.7 Å². The molecule has 0 aromatic carbocycles. The van der Waals surface area contributed by atoms with E-state index < -0.39 is 35.2 Å². The molecule has 1 heterocycles. The zero-order chi connectivity index (χ0) is 19.4. The van der Waals surface area contributed by atoms with Crippen LogP contribution in [0.3, 0.4) is 0 Å². The molecule has 0 spiro atoms. The third-order valence-corrected chi connectivity index (χ3v) is 6.65. The molecular weight excluding hydrogens is 336 g/mol. The van der Waals surface area contributed by atoms with Crippen molar-refractivity contribution in [2.24, 2.45) is 11.3 Å². The third-order valence-electron chi connectivity index (χ3n) is 6.65. The van der Waals surface area contributed by atoms with Crippen molar-refractivity contribution in [1.82, 2.24) is 0 Å². The van der Waals surface area contributed by atoms with Gasteiger partial charge in [-0.05, 0) is 39.7 Å². The summed E-state index contributed by atoms with van der Waals surface area (Å²) in [6.45, 7) is 8.71. The van der Waals surface area contributed by atoms with E-state index in [4.69, 9.17) is 9.47 Å². The first-order valence-electron chi connectivity index (χ1n) is 8.97. The highest BCUT2D eigenvalue weighted by molar-refractivity contribution is 5.94. The Labute approximate surface area is 153 Å².